The van der Waals surface area contributed by atoms with E-state index in [4.69, 9.17) is 21.8 Å². The van der Waals surface area contributed by atoms with Crippen LogP contribution < -0.4 is 15.4 Å². The van der Waals surface area contributed by atoms with Crippen molar-refractivity contribution >= 4 is 45.1 Å². The molecule has 1 fully saturated rings. The minimum absolute atomic E-state index is 0.0603. The van der Waals surface area contributed by atoms with Gasteiger partial charge in [0, 0.05) is 23.7 Å². The van der Waals surface area contributed by atoms with Gasteiger partial charge in [-0.15, -0.1) is 0 Å². The van der Waals surface area contributed by atoms with Gasteiger partial charge in [0.05, 0.1) is 23.3 Å². The van der Waals surface area contributed by atoms with Gasteiger partial charge in [0.1, 0.15) is 0 Å². The summed E-state index contributed by atoms with van der Waals surface area (Å²) < 4.78 is 23.1. The van der Waals surface area contributed by atoms with Crippen molar-refractivity contribution in [3.63, 3.8) is 0 Å². The number of amides is 2. The molecule has 1 aliphatic rings. The number of hydrogen-bond donors (Lipinski definition) is 3. The molecule has 31 heavy (non-hydrogen) atoms. The molecule has 164 valence electrons. The van der Waals surface area contributed by atoms with Gasteiger partial charge in [0.2, 0.25) is 21.8 Å². The molecule has 0 aromatic heterocycles. The van der Waals surface area contributed by atoms with Crippen LogP contribution in [0.2, 0.25) is 5.02 Å². The largest absolute Gasteiger partial charge is 0.481 e. The van der Waals surface area contributed by atoms with Crippen molar-refractivity contribution in [1.82, 2.24) is 5.32 Å². The minimum Gasteiger partial charge on any atom is -0.481 e. The molecule has 0 unspecified atom stereocenters. The summed E-state index contributed by atoms with van der Waals surface area (Å²) in [4.78, 5) is 37.7. The highest BCUT2D eigenvalue weighted by molar-refractivity contribution is 7.89. The van der Waals surface area contributed by atoms with Gasteiger partial charge < -0.3 is 15.3 Å². The lowest BCUT2D eigenvalue weighted by molar-refractivity contribution is -0.137. The molecule has 2 aromatic carbocycles. The number of carbonyl (C=O) groups is 3. The highest BCUT2D eigenvalue weighted by Gasteiger charge is 2.45. The van der Waals surface area contributed by atoms with E-state index in [-0.39, 0.29) is 30.2 Å². The molecule has 0 aliphatic carbocycles. The number of aliphatic carboxylic acids is 1. The van der Waals surface area contributed by atoms with E-state index in [1.165, 1.54) is 29.2 Å². The van der Waals surface area contributed by atoms with Gasteiger partial charge in [0.25, 0.3) is 0 Å². The zero-order chi connectivity index (χ0) is 22.8. The summed E-state index contributed by atoms with van der Waals surface area (Å²) in [6.45, 7) is -0.0603. The van der Waals surface area contributed by atoms with Gasteiger partial charge in [-0.05, 0) is 42.0 Å². The number of nitrogens with two attached hydrogens (primary N) is 1. The Morgan fingerprint density at radius 3 is 2.29 bits per heavy atom. The average Bonchev–Trinajstić information content (AvgIpc) is 3.05. The molecular formula is C20H20ClN3O6S. The van der Waals surface area contributed by atoms with Gasteiger partial charge in [0.15, 0.2) is 0 Å². The van der Waals surface area contributed by atoms with Gasteiger partial charge in [-0.1, -0.05) is 23.7 Å². The number of carboxylic acid groups (broad SMARTS) is 1. The predicted octanol–water partition coefficient (Wildman–Crippen LogP) is 1.67. The molecule has 0 saturated carbocycles. The number of carbonyl (C=O) groups excluding carboxylic acids is 2. The van der Waals surface area contributed by atoms with Gasteiger partial charge >= 0.3 is 5.97 Å². The van der Waals surface area contributed by atoms with Crippen LogP contribution in [0, 0.1) is 5.92 Å². The van der Waals surface area contributed by atoms with Crippen LogP contribution in [0.5, 0.6) is 0 Å². The third-order valence-electron chi connectivity index (χ3n) is 4.95. The number of rotatable bonds is 7. The predicted molar refractivity (Wildman–Crippen MR) is 113 cm³/mol. The number of anilines is 1. The fourth-order valence-corrected chi connectivity index (χ4v) is 4.18. The fraction of sp³-hybridized carbons (Fsp3) is 0.250. The maximum Gasteiger partial charge on any atom is 0.305 e. The summed E-state index contributed by atoms with van der Waals surface area (Å²) >= 11 is 5.97. The molecule has 2 atom stereocenters. The molecule has 1 heterocycles. The van der Waals surface area contributed by atoms with Crippen molar-refractivity contribution in [1.29, 1.82) is 0 Å². The van der Waals surface area contributed by atoms with Crippen molar-refractivity contribution < 1.29 is 27.9 Å². The average molecular weight is 466 g/mol. The Balaban J connectivity index is 1.96. The van der Waals surface area contributed by atoms with E-state index < -0.39 is 33.9 Å². The Morgan fingerprint density at radius 2 is 1.74 bits per heavy atom. The van der Waals surface area contributed by atoms with Gasteiger partial charge in [-0.3, -0.25) is 14.4 Å². The van der Waals surface area contributed by atoms with E-state index in [0.29, 0.717) is 16.3 Å². The first-order valence-electron chi connectivity index (χ1n) is 9.28. The molecule has 4 N–H and O–H groups in total. The van der Waals surface area contributed by atoms with Crippen molar-refractivity contribution in [3.05, 3.63) is 59.1 Å². The van der Waals surface area contributed by atoms with Crippen LogP contribution in [-0.4, -0.2) is 37.9 Å². The third-order valence-corrected chi connectivity index (χ3v) is 6.13. The molecular weight excluding hydrogens is 446 g/mol. The van der Waals surface area contributed by atoms with Crippen LogP contribution >= 0.6 is 11.6 Å². The summed E-state index contributed by atoms with van der Waals surface area (Å²) in [5.41, 5.74) is 1.06. The Hall–Kier alpha value is -2.95. The Morgan fingerprint density at radius 1 is 1.13 bits per heavy atom. The number of carboxylic acids is 1. The summed E-state index contributed by atoms with van der Waals surface area (Å²) in [6.07, 6.45) is -0.333. The first kappa shape index (κ1) is 22.7. The molecule has 3 rings (SSSR count). The van der Waals surface area contributed by atoms with Crippen molar-refractivity contribution in [2.45, 2.75) is 23.8 Å². The highest BCUT2D eigenvalue weighted by atomic mass is 35.5. The molecule has 0 spiro atoms. The van der Waals surface area contributed by atoms with Crippen molar-refractivity contribution in [3.8, 4) is 0 Å². The molecule has 1 saturated heterocycles. The normalized spacial score (nSPS) is 18.8. The number of primary sulfonamides is 1. The Labute approximate surface area is 183 Å². The van der Waals surface area contributed by atoms with Crippen LogP contribution in [-0.2, 0) is 24.4 Å². The second kappa shape index (κ2) is 9.04. The quantitative estimate of drug-likeness (QED) is 0.566. The lowest BCUT2D eigenvalue weighted by Gasteiger charge is -2.28. The Bertz CT molecular complexity index is 1100. The molecule has 0 radical (unpaired) electrons. The minimum atomic E-state index is -3.90. The standard InChI is InChI=1S/C20H20ClN3O6S/c21-13-3-1-12(2-4-13)19-16(20(28)23-10-9-18(26)27)11-17(25)24(19)14-5-7-15(8-6-14)31(22,29)30/h1-8,16,19H,9-11H2,(H,23,28)(H,26,27)(H2,22,29,30)/t16-,19+/m0/s1. The van der Waals surface area contributed by atoms with E-state index >= 15 is 0 Å². The molecule has 9 nitrogen and oxygen atoms in total. The monoisotopic (exact) mass is 465 g/mol. The summed E-state index contributed by atoms with van der Waals surface area (Å²) in [5.74, 6) is -2.60. The maximum absolute atomic E-state index is 12.9. The number of halogens is 1. The molecule has 0 bridgehead atoms. The molecule has 2 aromatic rings. The maximum atomic E-state index is 12.9. The molecule has 2 amide bonds. The van der Waals surface area contributed by atoms with Crippen LogP contribution in [0.4, 0.5) is 5.69 Å². The van der Waals surface area contributed by atoms with E-state index in [1.54, 1.807) is 24.3 Å². The van der Waals surface area contributed by atoms with Gasteiger partial charge in [-0.2, -0.15) is 0 Å². The second-order valence-electron chi connectivity index (χ2n) is 7.04. The molecule has 11 heteroatoms. The van der Waals surface area contributed by atoms with E-state index in [1.807, 2.05) is 0 Å². The van der Waals surface area contributed by atoms with E-state index in [2.05, 4.69) is 5.32 Å². The number of nitrogens with zero attached hydrogens (tertiary/aromatic N) is 1. The summed E-state index contributed by atoms with van der Waals surface area (Å²) in [5, 5.41) is 17.0. The Kier molecular flexibility index (Phi) is 6.63. The topological polar surface area (TPSA) is 147 Å². The highest BCUT2D eigenvalue weighted by Crippen LogP contribution is 2.41. The van der Waals surface area contributed by atoms with Crippen LogP contribution in [0.15, 0.2) is 53.4 Å². The van der Waals surface area contributed by atoms with E-state index in [0.717, 1.165) is 0 Å². The van der Waals surface area contributed by atoms with E-state index in [9.17, 15) is 22.8 Å². The SMILES string of the molecule is NS(=O)(=O)c1ccc(N2C(=O)C[C@H](C(=O)NCCC(=O)O)[C@H]2c2ccc(Cl)cc2)cc1. The number of hydrogen-bond acceptors (Lipinski definition) is 5. The third kappa shape index (κ3) is 5.22. The van der Waals surface area contributed by atoms with Crippen LogP contribution in [0.1, 0.15) is 24.4 Å². The first-order chi connectivity index (χ1) is 14.6. The lowest BCUT2D eigenvalue weighted by atomic mass is 9.92. The number of benzene rings is 2. The zero-order valence-electron chi connectivity index (χ0n) is 16.2. The van der Waals surface area contributed by atoms with Crippen molar-refractivity contribution in [2.75, 3.05) is 11.4 Å². The zero-order valence-corrected chi connectivity index (χ0v) is 17.8. The fourth-order valence-electron chi connectivity index (χ4n) is 3.54. The van der Waals surface area contributed by atoms with Crippen LogP contribution in [0.3, 0.4) is 0 Å². The second-order valence-corrected chi connectivity index (χ2v) is 9.04. The number of sulfonamides is 1. The smallest absolute Gasteiger partial charge is 0.305 e. The van der Waals surface area contributed by atoms with Gasteiger partial charge in [-0.25, -0.2) is 13.6 Å². The van der Waals surface area contributed by atoms with Crippen LogP contribution in [0.25, 0.3) is 0 Å². The number of nitrogens with one attached hydrogen (secondary N) is 1. The lowest BCUT2D eigenvalue weighted by Crippen LogP contribution is -2.36. The summed E-state index contributed by atoms with van der Waals surface area (Å²) in [7, 11) is -3.90. The molecule has 1 aliphatic heterocycles. The van der Waals surface area contributed by atoms with Crippen molar-refractivity contribution in [2.24, 2.45) is 11.1 Å². The summed E-state index contributed by atoms with van der Waals surface area (Å²) in [6, 6.07) is 11.5. The first-order valence-corrected chi connectivity index (χ1v) is 11.2.